The number of aliphatic carboxylic acids is 1. The minimum atomic E-state index is -0.906. The molecule has 0 bridgehead atoms. The first-order chi connectivity index (χ1) is 13.0. The maximum Gasteiger partial charge on any atom is 0.308 e. The summed E-state index contributed by atoms with van der Waals surface area (Å²) in [6, 6.07) is 14.4. The summed E-state index contributed by atoms with van der Waals surface area (Å²) in [5.74, 6) is -0.891. The van der Waals surface area contributed by atoms with Crippen molar-refractivity contribution in [3.63, 3.8) is 0 Å². The summed E-state index contributed by atoms with van der Waals surface area (Å²) < 4.78 is 10.8. The van der Waals surface area contributed by atoms with E-state index in [4.69, 9.17) is 9.47 Å². The summed E-state index contributed by atoms with van der Waals surface area (Å²) in [4.78, 5) is 26.5. The number of likely N-dealkylation sites (tertiary alicyclic amines) is 1. The zero-order valence-corrected chi connectivity index (χ0v) is 15.4. The van der Waals surface area contributed by atoms with Gasteiger partial charge < -0.3 is 19.5 Å². The Morgan fingerprint density at radius 1 is 1.15 bits per heavy atom. The van der Waals surface area contributed by atoms with E-state index in [0.29, 0.717) is 30.2 Å². The van der Waals surface area contributed by atoms with Crippen LogP contribution in [0.4, 0.5) is 0 Å². The summed E-state index contributed by atoms with van der Waals surface area (Å²) in [6.07, 6.45) is 0. The molecule has 0 radical (unpaired) electrons. The first kappa shape index (κ1) is 18.8. The van der Waals surface area contributed by atoms with Gasteiger partial charge in [0.05, 0.1) is 25.2 Å². The zero-order valence-electron chi connectivity index (χ0n) is 15.4. The molecule has 6 nitrogen and oxygen atoms in total. The van der Waals surface area contributed by atoms with E-state index in [1.54, 1.807) is 30.2 Å². The summed E-state index contributed by atoms with van der Waals surface area (Å²) in [7, 11) is 1.57. The normalized spacial score (nSPS) is 19.0. The highest BCUT2D eigenvalue weighted by Gasteiger charge is 2.41. The molecule has 27 heavy (non-hydrogen) atoms. The Bertz CT molecular complexity index is 835. The molecule has 1 N–H and O–H groups in total. The van der Waals surface area contributed by atoms with Gasteiger partial charge in [-0.1, -0.05) is 24.3 Å². The highest BCUT2D eigenvalue weighted by molar-refractivity contribution is 5.97. The largest absolute Gasteiger partial charge is 0.497 e. The van der Waals surface area contributed by atoms with Crippen molar-refractivity contribution in [1.82, 2.24) is 4.90 Å². The lowest BCUT2D eigenvalue weighted by atomic mass is 9.89. The van der Waals surface area contributed by atoms with Crippen molar-refractivity contribution < 1.29 is 24.2 Å². The number of rotatable bonds is 6. The van der Waals surface area contributed by atoms with Gasteiger partial charge in [-0.3, -0.25) is 9.59 Å². The van der Waals surface area contributed by atoms with E-state index in [2.05, 4.69) is 0 Å². The molecule has 0 spiro atoms. The van der Waals surface area contributed by atoms with Crippen molar-refractivity contribution in [2.24, 2.45) is 5.92 Å². The number of methoxy groups -OCH3 is 1. The number of carbonyl (C=O) groups excluding carboxylic acids is 1. The topological polar surface area (TPSA) is 76.1 Å². The highest BCUT2D eigenvalue weighted by atomic mass is 16.5. The fourth-order valence-electron chi connectivity index (χ4n) is 3.52. The lowest BCUT2D eigenvalue weighted by molar-refractivity contribution is -0.141. The molecule has 2 atom stereocenters. The lowest BCUT2D eigenvalue weighted by Gasteiger charge is -2.18. The number of carboxylic acids is 1. The van der Waals surface area contributed by atoms with Gasteiger partial charge in [0.15, 0.2) is 0 Å². The molecule has 0 aromatic heterocycles. The molecule has 0 saturated carbocycles. The number of para-hydroxylation sites is 1. The Labute approximate surface area is 158 Å². The van der Waals surface area contributed by atoms with E-state index < -0.39 is 11.9 Å². The fraction of sp³-hybridized carbons (Fsp3) is 0.333. The summed E-state index contributed by atoms with van der Waals surface area (Å²) in [5, 5.41) is 9.69. The third-order valence-corrected chi connectivity index (χ3v) is 4.86. The van der Waals surface area contributed by atoms with E-state index in [-0.39, 0.29) is 18.4 Å². The van der Waals surface area contributed by atoms with Crippen molar-refractivity contribution in [2.45, 2.75) is 12.8 Å². The molecule has 1 aliphatic heterocycles. The molecular formula is C21H23NO5. The molecular weight excluding hydrogens is 346 g/mol. The predicted molar refractivity (Wildman–Crippen MR) is 100 cm³/mol. The van der Waals surface area contributed by atoms with E-state index in [1.165, 1.54) is 0 Å². The Kier molecular flexibility index (Phi) is 5.64. The molecule has 1 amide bonds. The van der Waals surface area contributed by atoms with Crippen LogP contribution in [0.1, 0.15) is 28.8 Å². The minimum absolute atomic E-state index is 0.163. The van der Waals surface area contributed by atoms with Gasteiger partial charge >= 0.3 is 5.97 Å². The first-order valence-electron chi connectivity index (χ1n) is 8.93. The van der Waals surface area contributed by atoms with Crippen LogP contribution in [0.25, 0.3) is 0 Å². The molecule has 6 heteroatoms. The monoisotopic (exact) mass is 369 g/mol. The summed E-state index contributed by atoms with van der Waals surface area (Å²) >= 11 is 0. The van der Waals surface area contributed by atoms with Crippen molar-refractivity contribution in [1.29, 1.82) is 0 Å². The van der Waals surface area contributed by atoms with Gasteiger partial charge in [0.25, 0.3) is 5.91 Å². The number of carbonyl (C=O) groups is 2. The predicted octanol–water partition coefficient (Wildman–Crippen LogP) is 3.03. The molecule has 3 rings (SSSR count). The number of amides is 1. The fourth-order valence-corrected chi connectivity index (χ4v) is 3.52. The van der Waals surface area contributed by atoms with Gasteiger partial charge in [0.2, 0.25) is 0 Å². The first-order valence-corrected chi connectivity index (χ1v) is 8.93. The molecule has 1 saturated heterocycles. The average Bonchev–Trinajstić information content (AvgIpc) is 3.14. The molecule has 2 aromatic rings. The highest BCUT2D eigenvalue weighted by Crippen LogP contribution is 2.35. The minimum Gasteiger partial charge on any atom is -0.497 e. The Morgan fingerprint density at radius 2 is 1.93 bits per heavy atom. The maximum atomic E-state index is 13.0. The average molecular weight is 369 g/mol. The van der Waals surface area contributed by atoms with Crippen LogP contribution < -0.4 is 9.47 Å². The van der Waals surface area contributed by atoms with Crippen LogP contribution in [0.3, 0.4) is 0 Å². The lowest BCUT2D eigenvalue weighted by Crippen LogP contribution is -2.30. The number of hydrogen-bond donors (Lipinski definition) is 1. The molecule has 0 unspecified atom stereocenters. The number of nitrogens with zero attached hydrogens (tertiary/aromatic N) is 1. The van der Waals surface area contributed by atoms with E-state index in [1.807, 2.05) is 37.3 Å². The second-order valence-corrected chi connectivity index (χ2v) is 6.47. The third-order valence-electron chi connectivity index (χ3n) is 4.86. The van der Waals surface area contributed by atoms with Crippen LogP contribution in [0, 0.1) is 5.92 Å². The van der Waals surface area contributed by atoms with E-state index in [9.17, 15) is 14.7 Å². The number of ether oxygens (including phenoxy) is 2. The third kappa shape index (κ3) is 3.89. The van der Waals surface area contributed by atoms with Crippen LogP contribution in [0.5, 0.6) is 11.5 Å². The Balaban J connectivity index is 1.88. The second kappa shape index (κ2) is 8.12. The SMILES string of the molecule is CCOc1ccccc1C(=O)N1C[C@@H](C(=O)O)[C@H](c2cccc(OC)c2)C1. The number of carboxylic acid groups (broad SMARTS) is 1. The summed E-state index contributed by atoms with van der Waals surface area (Å²) in [5.41, 5.74) is 1.31. The van der Waals surface area contributed by atoms with Crippen LogP contribution in [0.15, 0.2) is 48.5 Å². The Morgan fingerprint density at radius 3 is 2.63 bits per heavy atom. The van der Waals surface area contributed by atoms with Gasteiger partial charge in [-0.05, 0) is 36.8 Å². The van der Waals surface area contributed by atoms with E-state index in [0.717, 1.165) is 5.56 Å². The maximum absolute atomic E-state index is 13.0. The molecule has 1 fully saturated rings. The quantitative estimate of drug-likeness (QED) is 0.847. The van der Waals surface area contributed by atoms with Gasteiger partial charge in [-0.25, -0.2) is 0 Å². The molecule has 142 valence electrons. The van der Waals surface area contributed by atoms with Gasteiger partial charge in [0, 0.05) is 19.0 Å². The van der Waals surface area contributed by atoms with Crippen LogP contribution >= 0.6 is 0 Å². The summed E-state index contributed by atoms with van der Waals surface area (Å²) in [6.45, 7) is 2.81. The Hall–Kier alpha value is -3.02. The van der Waals surface area contributed by atoms with Gasteiger partial charge in [-0.15, -0.1) is 0 Å². The zero-order chi connectivity index (χ0) is 19.4. The number of benzene rings is 2. The van der Waals surface area contributed by atoms with Crippen LogP contribution in [-0.2, 0) is 4.79 Å². The molecule has 0 aliphatic carbocycles. The van der Waals surface area contributed by atoms with Crippen molar-refractivity contribution >= 4 is 11.9 Å². The van der Waals surface area contributed by atoms with Crippen LogP contribution in [0.2, 0.25) is 0 Å². The van der Waals surface area contributed by atoms with Crippen molar-refractivity contribution in [2.75, 3.05) is 26.8 Å². The van der Waals surface area contributed by atoms with Crippen molar-refractivity contribution in [3.05, 3.63) is 59.7 Å². The molecule has 1 heterocycles. The van der Waals surface area contributed by atoms with Gasteiger partial charge in [0.1, 0.15) is 11.5 Å². The van der Waals surface area contributed by atoms with Crippen LogP contribution in [-0.4, -0.2) is 48.7 Å². The van der Waals surface area contributed by atoms with Crippen molar-refractivity contribution in [3.8, 4) is 11.5 Å². The van der Waals surface area contributed by atoms with E-state index >= 15 is 0 Å². The molecule has 1 aliphatic rings. The smallest absolute Gasteiger partial charge is 0.308 e. The second-order valence-electron chi connectivity index (χ2n) is 6.47. The van der Waals surface area contributed by atoms with Gasteiger partial charge in [-0.2, -0.15) is 0 Å². The molecule has 2 aromatic carbocycles. The standard InChI is InChI=1S/C21H23NO5/c1-3-27-19-10-5-4-9-16(19)20(23)22-12-17(18(13-22)21(24)25)14-7-6-8-15(11-14)26-2/h4-11,17-18H,3,12-13H2,1-2H3,(H,24,25)/t17-,18+/m0/s1. The number of hydrogen-bond acceptors (Lipinski definition) is 4.